The first-order chi connectivity index (χ1) is 14.1. The molecule has 1 amide bonds. The molecule has 29 heavy (non-hydrogen) atoms. The number of carbonyl (C=O) groups excluding carboxylic acids is 1. The fourth-order valence-electron chi connectivity index (χ4n) is 3.98. The van der Waals surface area contributed by atoms with Crippen LogP contribution in [0, 0.1) is 11.3 Å². The second-order valence-electron chi connectivity index (χ2n) is 7.71. The summed E-state index contributed by atoms with van der Waals surface area (Å²) in [5, 5.41) is 11.9. The van der Waals surface area contributed by atoms with E-state index in [1.54, 1.807) is 18.2 Å². The van der Waals surface area contributed by atoms with Crippen LogP contribution in [0.15, 0.2) is 42.5 Å². The van der Waals surface area contributed by atoms with Gasteiger partial charge in [-0.25, -0.2) is 0 Å². The third-order valence-corrected chi connectivity index (χ3v) is 5.75. The van der Waals surface area contributed by atoms with Crippen LogP contribution in [0.1, 0.15) is 23.6 Å². The molecule has 0 aromatic heterocycles. The van der Waals surface area contributed by atoms with Gasteiger partial charge >= 0.3 is 0 Å². The molecule has 0 saturated carbocycles. The van der Waals surface area contributed by atoms with Crippen LogP contribution in [0.5, 0.6) is 5.75 Å². The number of fused-ring (bicyclic) bond motifs is 1. The minimum absolute atomic E-state index is 0.0350. The zero-order valence-electron chi connectivity index (χ0n) is 16.7. The van der Waals surface area contributed by atoms with Crippen molar-refractivity contribution < 1.29 is 9.53 Å². The van der Waals surface area contributed by atoms with E-state index in [9.17, 15) is 4.79 Å². The maximum Gasteiger partial charge on any atom is 0.241 e. The van der Waals surface area contributed by atoms with Gasteiger partial charge in [-0.15, -0.1) is 0 Å². The smallest absolute Gasteiger partial charge is 0.241 e. The summed E-state index contributed by atoms with van der Waals surface area (Å²) in [5.41, 5.74) is 3.85. The van der Waals surface area contributed by atoms with E-state index < -0.39 is 0 Å². The highest BCUT2D eigenvalue weighted by molar-refractivity contribution is 5.94. The summed E-state index contributed by atoms with van der Waals surface area (Å²) in [6, 6.07) is 15.4. The number of nitrogens with zero attached hydrogens (tertiary/aromatic N) is 3. The Balaban J connectivity index is 1.28. The van der Waals surface area contributed by atoms with Gasteiger partial charge in [-0.05, 0) is 42.3 Å². The van der Waals surface area contributed by atoms with E-state index in [0.29, 0.717) is 11.3 Å². The Bertz CT molecular complexity index is 929. The minimum Gasteiger partial charge on any atom is -0.493 e. The maximum absolute atomic E-state index is 12.6. The topological polar surface area (TPSA) is 68.6 Å². The molecule has 1 fully saturated rings. The first kappa shape index (κ1) is 19.4. The Kier molecular flexibility index (Phi) is 5.79. The Hall–Kier alpha value is -2.88. The van der Waals surface area contributed by atoms with Gasteiger partial charge in [-0.2, -0.15) is 5.26 Å². The lowest BCUT2D eigenvalue weighted by atomic mass is 10.1. The summed E-state index contributed by atoms with van der Waals surface area (Å²) in [5.74, 6) is 0.992. The van der Waals surface area contributed by atoms with Crippen LogP contribution in [0.4, 0.5) is 5.69 Å². The Morgan fingerprint density at radius 1 is 1.21 bits per heavy atom. The fourth-order valence-corrected chi connectivity index (χ4v) is 3.98. The Labute approximate surface area is 171 Å². The lowest BCUT2D eigenvalue weighted by Crippen LogP contribution is -2.52. The number of anilines is 1. The number of benzene rings is 2. The lowest BCUT2D eigenvalue weighted by Gasteiger charge is -2.37. The summed E-state index contributed by atoms with van der Waals surface area (Å²) in [7, 11) is 0. The summed E-state index contributed by atoms with van der Waals surface area (Å²) in [4.78, 5) is 17.3. The fraction of sp³-hybridized carbons (Fsp3) is 0.391. The number of carbonyl (C=O) groups is 1. The number of piperazine rings is 1. The molecule has 2 aliphatic rings. The largest absolute Gasteiger partial charge is 0.493 e. The highest BCUT2D eigenvalue weighted by Crippen LogP contribution is 2.26. The number of rotatable bonds is 5. The van der Waals surface area contributed by atoms with Crippen molar-refractivity contribution in [3.05, 3.63) is 59.2 Å². The van der Waals surface area contributed by atoms with E-state index in [4.69, 9.17) is 10.00 Å². The van der Waals surface area contributed by atoms with Crippen molar-refractivity contribution in [2.24, 2.45) is 0 Å². The van der Waals surface area contributed by atoms with E-state index >= 15 is 0 Å². The number of hydrogen-bond acceptors (Lipinski definition) is 5. The van der Waals surface area contributed by atoms with Crippen molar-refractivity contribution in [1.29, 1.82) is 5.26 Å². The van der Waals surface area contributed by atoms with E-state index in [-0.39, 0.29) is 11.9 Å². The highest BCUT2D eigenvalue weighted by Gasteiger charge is 2.26. The molecule has 0 spiro atoms. The summed E-state index contributed by atoms with van der Waals surface area (Å²) in [6.45, 7) is 7.27. The number of nitriles is 1. The number of ether oxygens (including phenoxy) is 1. The number of nitrogens with one attached hydrogen (secondary N) is 1. The molecule has 1 atom stereocenters. The third-order valence-electron chi connectivity index (χ3n) is 5.75. The molecule has 0 unspecified atom stereocenters. The monoisotopic (exact) mass is 390 g/mol. The molecule has 2 heterocycles. The quantitative estimate of drug-likeness (QED) is 0.850. The third kappa shape index (κ3) is 4.58. The molecule has 6 nitrogen and oxygen atoms in total. The first-order valence-corrected chi connectivity index (χ1v) is 10.1. The summed E-state index contributed by atoms with van der Waals surface area (Å²) >= 11 is 0. The maximum atomic E-state index is 12.6. The molecule has 2 aromatic rings. The van der Waals surface area contributed by atoms with Crippen LogP contribution in [0.25, 0.3) is 0 Å². The summed E-state index contributed by atoms with van der Waals surface area (Å²) in [6.07, 6.45) is 1.00. The van der Waals surface area contributed by atoms with Crippen molar-refractivity contribution >= 4 is 11.6 Å². The molecule has 4 rings (SSSR count). The molecule has 150 valence electrons. The van der Waals surface area contributed by atoms with Gasteiger partial charge in [0.05, 0.1) is 24.3 Å². The van der Waals surface area contributed by atoms with E-state index in [2.05, 4.69) is 39.4 Å². The Morgan fingerprint density at radius 3 is 2.83 bits per heavy atom. The van der Waals surface area contributed by atoms with Crippen LogP contribution >= 0.6 is 0 Å². The van der Waals surface area contributed by atoms with Crippen LogP contribution in [0.3, 0.4) is 0 Å². The molecule has 1 N–H and O–H groups in total. The van der Waals surface area contributed by atoms with Gasteiger partial charge in [0.25, 0.3) is 0 Å². The van der Waals surface area contributed by atoms with Gasteiger partial charge in [0.2, 0.25) is 5.91 Å². The van der Waals surface area contributed by atoms with Crippen LogP contribution in [-0.4, -0.2) is 54.5 Å². The average molecular weight is 390 g/mol. The van der Waals surface area contributed by atoms with Crippen molar-refractivity contribution in [1.82, 2.24) is 9.80 Å². The molecular weight excluding hydrogens is 364 g/mol. The summed E-state index contributed by atoms with van der Waals surface area (Å²) < 4.78 is 5.59. The molecule has 6 heteroatoms. The standard InChI is InChI=1S/C23H26N4O2/c1-17(23(28)25-21-4-2-3-18(14-21)15-24)27-10-8-26(9-11-27)16-19-5-6-22-20(13-19)7-12-29-22/h2-6,13-14,17H,7-12,16H2,1H3,(H,25,28)/t17-/m1/s1. The normalized spacial score (nSPS) is 17.8. The van der Waals surface area contributed by atoms with E-state index in [0.717, 1.165) is 51.5 Å². The Morgan fingerprint density at radius 2 is 2.03 bits per heavy atom. The highest BCUT2D eigenvalue weighted by atomic mass is 16.5. The van der Waals surface area contributed by atoms with Crippen LogP contribution in [-0.2, 0) is 17.8 Å². The second-order valence-corrected chi connectivity index (χ2v) is 7.71. The molecule has 0 radical (unpaired) electrons. The predicted molar refractivity (Wildman–Crippen MR) is 112 cm³/mol. The first-order valence-electron chi connectivity index (χ1n) is 10.1. The zero-order chi connectivity index (χ0) is 20.2. The van der Waals surface area contributed by atoms with E-state index in [1.807, 2.05) is 13.0 Å². The molecule has 2 aromatic carbocycles. The SMILES string of the molecule is C[C@H](C(=O)Nc1cccc(C#N)c1)N1CCN(Cc2ccc3c(c2)CCO3)CC1. The minimum atomic E-state index is -0.208. The van der Waals surface area contributed by atoms with Crippen LogP contribution < -0.4 is 10.1 Å². The van der Waals surface area contributed by atoms with Gasteiger partial charge in [0, 0.05) is 44.8 Å². The molecule has 2 aliphatic heterocycles. The van der Waals surface area contributed by atoms with E-state index in [1.165, 1.54) is 11.1 Å². The lowest BCUT2D eigenvalue weighted by molar-refractivity contribution is -0.121. The van der Waals surface area contributed by atoms with Gasteiger partial charge in [-0.3, -0.25) is 14.6 Å². The average Bonchev–Trinajstić information content (AvgIpc) is 3.22. The van der Waals surface area contributed by atoms with Crippen molar-refractivity contribution in [2.45, 2.75) is 25.9 Å². The molecule has 0 bridgehead atoms. The predicted octanol–water partition coefficient (Wildman–Crippen LogP) is 2.64. The van der Waals surface area contributed by atoms with Gasteiger partial charge in [0.1, 0.15) is 5.75 Å². The van der Waals surface area contributed by atoms with Crippen LogP contribution in [0.2, 0.25) is 0 Å². The molecular formula is C23H26N4O2. The molecule has 1 saturated heterocycles. The van der Waals surface area contributed by atoms with Crippen molar-refractivity contribution in [3.63, 3.8) is 0 Å². The number of amides is 1. The van der Waals surface area contributed by atoms with Gasteiger partial charge < -0.3 is 10.1 Å². The number of hydrogen-bond donors (Lipinski definition) is 1. The van der Waals surface area contributed by atoms with Gasteiger partial charge in [0.15, 0.2) is 0 Å². The van der Waals surface area contributed by atoms with Crippen molar-refractivity contribution in [2.75, 3.05) is 38.1 Å². The second kappa shape index (κ2) is 8.64. The zero-order valence-corrected chi connectivity index (χ0v) is 16.7. The van der Waals surface area contributed by atoms with Crippen molar-refractivity contribution in [3.8, 4) is 11.8 Å². The molecule has 0 aliphatic carbocycles. The van der Waals surface area contributed by atoms with Gasteiger partial charge in [-0.1, -0.05) is 18.2 Å².